The van der Waals surface area contributed by atoms with Gasteiger partial charge in [0.15, 0.2) is 0 Å². The summed E-state index contributed by atoms with van der Waals surface area (Å²) in [6, 6.07) is 8.18. The van der Waals surface area contributed by atoms with Crippen molar-refractivity contribution in [3.8, 4) is 17.0 Å². The Morgan fingerprint density at radius 1 is 1.30 bits per heavy atom. The summed E-state index contributed by atoms with van der Waals surface area (Å²) >= 11 is 3.95. The number of thioether (sulfide) groups is 1. The lowest BCUT2D eigenvalue weighted by Gasteiger charge is -2.36. The molecule has 0 saturated carbocycles. The second-order valence-electron chi connectivity index (χ2n) is 6.14. The maximum atomic E-state index is 5.22. The van der Waals surface area contributed by atoms with Gasteiger partial charge in [0, 0.05) is 21.6 Å². The number of rotatable bonds is 4. The van der Waals surface area contributed by atoms with Crippen LogP contribution in [-0.4, -0.2) is 22.6 Å². The van der Waals surface area contributed by atoms with E-state index in [0.29, 0.717) is 10.7 Å². The Bertz CT molecular complexity index is 628. The van der Waals surface area contributed by atoms with Crippen molar-refractivity contribution in [1.29, 1.82) is 0 Å². The third kappa shape index (κ3) is 4.31. The highest BCUT2D eigenvalue weighted by Crippen LogP contribution is 2.46. The fourth-order valence-electron chi connectivity index (χ4n) is 2.96. The first kappa shape index (κ1) is 18.8. The van der Waals surface area contributed by atoms with Gasteiger partial charge in [-0.2, -0.15) is 11.8 Å². The van der Waals surface area contributed by atoms with E-state index in [2.05, 4.69) is 43.1 Å². The van der Waals surface area contributed by atoms with Gasteiger partial charge in [0.1, 0.15) is 5.75 Å². The Hall–Kier alpha value is -0.520. The Labute approximate surface area is 157 Å². The predicted octanol–water partition coefficient (Wildman–Crippen LogP) is 6.18. The summed E-state index contributed by atoms with van der Waals surface area (Å²) in [5.74, 6) is 2.78. The highest BCUT2D eigenvalue weighted by atomic mass is 79.9. The van der Waals surface area contributed by atoms with Gasteiger partial charge >= 0.3 is 0 Å². The summed E-state index contributed by atoms with van der Waals surface area (Å²) in [4.78, 5) is 4.93. The molecular weight excluding hydrogens is 390 g/mol. The Morgan fingerprint density at radius 2 is 2.04 bits per heavy atom. The molecule has 0 aliphatic carbocycles. The maximum Gasteiger partial charge on any atom is 0.118 e. The fraction of sp³-hybridized carbons (Fsp3) is 0.500. The minimum atomic E-state index is 0. The molecule has 2 nitrogen and oxygen atoms in total. The maximum absolute atomic E-state index is 5.22. The number of thiazole rings is 1. The molecule has 1 aromatic carbocycles. The van der Waals surface area contributed by atoms with E-state index in [4.69, 9.17) is 9.72 Å². The van der Waals surface area contributed by atoms with Gasteiger partial charge in [0.05, 0.1) is 17.8 Å². The molecule has 1 aliphatic heterocycles. The third-order valence-electron chi connectivity index (χ3n) is 4.60. The van der Waals surface area contributed by atoms with E-state index in [1.54, 1.807) is 7.11 Å². The zero-order valence-electron chi connectivity index (χ0n) is 13.9. The summed E-state index contributed by atoms with van der Waals surface area (Å²) in [7, 11) is 1.70. The SMILES string of the molecule is Br.CCC1(C)CC(c2nc(-c3ccc(OC)cc3)cs2)CCS1. The van der Waals surface area contributed by atoms with Crippen molar-refractivity contribution in [2.75, 3.05) is 12.9 Å². The molecule has 0 spiro atoms. The molecule has 2 unspecified atom stereocenters. The van der Waals surface area contributed by atoms with Crippen molar-refractivity contribution < 1.29 is 4.74 Å². The average Bonchev–Trinajstić information content (AvgIpc) is 3.05. The molecule has 0 bridgehead atoms. The van der Waals surface area contributed by atoms with E-state index in [9.17, 15) is 0 Å². The highest BCUT2D eigenvalue weighted by molar-refractivity contribution is 8.93. The quantitative estimate of drug-likeness (QED) is 0.597. The van der Waals surface area contributed by atoms with Crippen LogP contribution in [0.15, 0.2) is 29.6 Å². The summed E-state index contributed by atoms with van der Waals surface area (Å²) in [5, 5.41) is 3.51. The monoisotopic (exact) mass is 413 g/mol. The van der Waals surface area contributed by atoms with Crippen molar-refractivity contribution in [3.05, 3.63) is 34.7 Å². The molecule has 0 N–H and O–H groups in total. The van der Waals surface area contributed by atoms with Crippen LogP contribution < -0.4 is 4.74 Å². The van der Waals surface area contributed by atoms with E-state index >= 15 is 0 Å². The standard InChI is InChI=1S/C18H23NOS2.BrH/c1-4-18(2)11-14(9-10-22-18)17-19-16(12-21-17)13-5-7-15(20-3)8-6-13;/h5-8,12,14H,4,9-11H2,1-3H3;1H. The molecule has 126 valence electrons. The molecule has 2 atom stereocenters. The van der Waals surface area contributed by atoms with Gasteiger partial charge < -0.3 is 4.74 Å². The Balaban J connectivity index is 0.00000192. The second kappa shape index (κ2) is 8.04. The van der Waals surface area contributed by atoms with Gasteiger partial charge in [-0.15, -0.1) is 28.3 Å². The van der Waals surface area contributed by atoms with Gasteiger partial charge in [-0.25, -0.2) is 4.98 Å². The van der Waals surface area contributed by atoms with Crippen LogP contribution in [-0.2, 0) is 0 Å². The molecule has 2 heterocycles. The number of aromatic nitrogens is 1. The van der Waals surface area contributed by atoms with E-state index in [1.807, 2.05) is 23.5 Å². The van der Waals surface area contributed by atoms with Crippen LogP contribution in [0.4, 0.5) is 0 Å². The number of nitrogens with zero attached hydrogens (tertiary/aromatic N) is 1. The highest BCUT2D eigenvalue weighted by Gasteiger charge is 2.33. The number of ether oxygens (including phenoxy) is 1. The lowest BCUT2D eigenvalue weighted by Crippen LogP contribution is -2.27. The van der Waals surface area contributed by atoms with Gasteiger partial charge in [-0.3, -0.25) is 0 Å². The van der Waals surface area contributed by atoms with Gasteiger partial charge in [0.2, 0.25) is 0 Å². The summed E-state index contributed by atoms with van der Waals surface area (Å²) in [6.07, 6.45) is 3.75. The van der Waals surface area contributed by atoms with Crippen LogP contribution in [0.5, 0.6) is 5.75 Å². The normalized spacial score (nSPS) is 24.0. The van der Waals surface area contributed by atoms with E-state index in [-0.39, 0.29) is 17.0 Å². The smallest absolute Gasteiger partial charge is 0.118 e. The fourth-order valence-corrected chi connectivity index (χ4v) is 5.34. The lowest BCUT2D eigenvalue weighted by molar-refractivity contribution is 0.415. The van der Waals surface area contributed by atoms with Crippen LogP contribution in [0.2, 0.25) is 0 Å². The van der Waals surface area contributed by atoms with E-state index in [1.165, 1.54) is 35.6 Å². The van der Waals surface area contributed by atoms with Gasteiger partial charge in [0.25, 0.3) is 0 Å². The van der Waals surface area contributed by atoms with Crippen LogP contribution in [0, 0.1) is 0 Å². The van der Waals surface area contributed by atoms with Crippen molar-refractivity contribution in [2.24, 2.45) is 0 Å². The lowest BCUT2D eigenvalue weighted by atomic mass is 9.91. The van der Waals surface area contributed by atoms with Gasteiger partial charge in [-0.05, 0) is 49.3 Å². The summed E-state index contributed by atoms with van der Waals surface area (Å²) in [6.45, 7) is 4.71. The Morgan fingerprint density at radius 3 is 2.70 bits per heavy atom. The van der Waals surface area contributed by atoms with E-state index in [0.717, 1.165) is 11.4 Å². The van der Waals surface area contributed by atoms with Crippen LogP contribution in [0.1, 0.15) is 44.0 Å². The molecule has 2 aromatic rings. The van der Waals surface area contributed by atoms with Crippen molar-refractivity contribution >= 4 is 40.1 Å². The Kier molecular flexibility index (Phi) is 6.57. The van der Waals surface area contributed by atoms with Crippen molar-refractivity contribution in [3.63, 3.8) is 0 Å². The molecule has 3 rings (SSSR count). The van der Waals surface area contributed by atoms with Crippen LogP contribution >= 0.6 is 40.1 Å². The zero-order valence-corrected chi connectivity index (χ0v) is 17.2. The predicted molar refractivity (Wildman–Crippen MR) is 108 cm³/mol. The summed E-state index contributed by atoms with van der Waals surface area (Å²) < 4.78 is 5.65. The van der Waals surface area contributed by atoms with Gasteiger partial charge in [-0.1, -0.05) is 13.8 Å². The molecule has 0 amide bonds. The zero-order chi connectivity index (χ0) is 15.6. The average molecular weight is 414 g/mol. The largest absolute Gasteiger partial charge is 0.497 e. The molecule has 1 saturated heterocycles. The van der Waals surface area contributed by atoms with Crippen molar-refractivity contribution in [1.82, 2.24) is 4.98 Å². The van der Waals surface area contributed by atoms with Crippen LogP contribution in [0.3, 0.4) is 0 Å². The molecule has 1 aliphatic rings. The summed E-state index contributed by atoms with van der Waals surface area (Å²) in [5.41, 5.74) is 2.27. The number of methoxy groups -OCH3 is 1. The van der Waals surface area contributed by atoms with Crippen LogP contribution in [0.25, 0.3) is 11.3 Å². The minimum absolute atomic E-state index is 0. The molecule has 23 heavy (non-hydrogen) atoms. The number of halogens is 1. The molecule has 5 heteroatoms. The first-order valence-corrected chi connectivity index (χ1v) is 9.74. The third-order valence-corrected chi connectivity index (χ3v) is 7.20. The molecule has 1 fully saturated rings. The number of hydrogen-bond donors (Lipinski definition) is 0. The second-order valence-corrected chi connectivity index (χ2v) is 8.71. The first-order valence-electron chi connectivity index (χ1n) is 7.87. The number of benzene rings is 1. The van der Waals surface area contributed by atoms with E-state index < -0.39 is 0 Å². The minimum Gasteiger partial charge on any atom is -0.497 e. The molecular formula is C18H24BrNOS2. The molecule has 0 radical (unpaired) electrons. The first-order chi connectivity index (χ1) is 10.6. The topological polar surface area (TPSA) is 22.1 Å². The molecule has 1 aromatic heterocycles. The number of hydrogen-bond acceptors (Lipinski definition) is 4. The van der Waals surface area contributed by atoms with Crippen molar-refractivity contribution in [2.45, 2.75) is 43.8 Å².